The summed E-state index contributed by atoms with van der Waals surface area (Å²) in [5, 5.41) is 10.1. The van der Waals surface area contributed by atoms with E-state index in [1.165, 1.54) is 5.56 Å². The van der Waals surface area contributed by atoms with Crippen LogP contribution in [0, 0.1) is 0 Å². The number of aliphatic hydroxyl groups excluding tert-OH is 1. The minimum absolute atomic E-state index is 0.119. The van der Waals surface area contributed by atoms with Crippen LogP contribution >= 0.6 is 0 Å². The second kappa shape index (κ2) is 8.28. The molecule has 3 nitrogen and oxygen atoms in total. The Kier molecular flexibility index (Phi) is 7.03. The molecule has 0 saturated carbocycles. The molecule has 1 aromatic rings. The number of rotatable bonds is 8. The van der Waals surface area contributed by atoms with Gasteiger partial charge >= 0.3 is 0 Å². The van der Waals surface area contributed by atoms with Crippen LogP contribution < -0.4 is 10.5 Å². The van der Waals surface area contributed by atoms with Crippen molar-refractivity contribution in [2.24, 2.45) is 5.73 Å². The molecule has 3 N–H and O–H groups in total. The molecule has 0 aliphatic heterocycles. The Balaban J connectivity index is 2.56. The monoisotopic (exact) mass is 279 g/mol. The summed E-state index contributed by atoms with van der Waals surface area (Å²) in [6.45, 7) is 8.24. The number of benzene rings is 1. The van der Waals surface area contributed by atoms with Crippen LogP contribution in [0.1, 0.15) is 58.4 Å². The third-order valence-electron chi connectivity index (χ3n) is 3.53. The summed E-state index contributed by atoms with van der Waals surface area (Å²) in [5.41, 5.74) is 7.17. The summed E-state index contributed by atoms with van der Waals surface area (Å²) >= 11 is 0. The van der Waals surface area contributed by atoms with Crippen LogP contribution in [0.5, 0.6) is 5.75 Å². The quantitative estimate of drug-likeness (QED) is 0.766. The SMILES string of the molecule is CCCC(N)C(O)CC(C)c1ccc(OC(C)C)cc1. The summed E-state index contributed by atoms with van der Waals surface area (Å²) in [7, 11) is 0. The molecule has 0 bridgehead atoms. The average molecular weight is 279 g/mol. The first-order chi connectivity index (χ1) is 9.43. The molecule has 3 heteroatoms. The normalized spacial score (nSPS) is 15.9. The van der Waals surface area contributed by atoms with Crippen LogP contribution in [0.25, 0.3) is 0 Å². The Morgan fingerprint density at radius 1 is 1.15 bits per heavy atom. The van der Waals surface area contributed by atoms with E-state index >= 15 is 0 Å². The zero-order valence-electron chi connectivity index (χ0n) is 13.2. The number of hydrogen-bond acceptors (Lipinski definition) is 3. The van der Waals surface area contributed by atoms with Crippen LogP contribution in [-0.2, 0) is 0 Å². The zero-order valence-corrected chi connectivity index (χ0v) is 13.2. The highest BCUT2D eigenvalue weighted by atomic mass is 16.5. The van der Waals surface area contributed by atoms with E-state index in [1.807, 2.05) is 26.0 Å². The van der Waals surface area contributed by atoms with E-state index in [9.17, 15) is 5.11 Å². The van der Waals surface area contributed by atoms with Crippen molar-refractivity contribution in [2.45, 2.75) is 71.1 Å². The lowest BCUT2D eigenvalue weighted by Gasteiger charge is -2.22. The minimum Gasteiger partial charge on any atom is -0.491 e. The standard InChI is InChI=1S/C17H29NO2/c1-5-6-16(18)17(19)11-13(4)14-7-9-15(10-8-14)20-12(2)3/h7-10,12-13,16-17,19H,5-6,11,18H2,1-4H3. The molecule has 0 aromatic heterocycles. The first kappa shape index (κ1) is 17.0. The van der Waals surface area contributed by atoms with Crippen molar-refractivity contribution in [3.63, 3.8) is 0 Å². The van der Waals surface area contributed by atoms with Gasteiger partial charge in [-0.15, -0.1) is 0 Å². The molecule has 0 aliphatic rings. The van der Waals surface area contributed by atoms with Crippen molar-refractivity contribution < 1.29 is 9.84 Å². The van der Waals surface area contributed by atoms with Crippen LogP contribution in [-0.4, -0.2) is 23.4 Å². The molecule has 0 radical (unpaired) electrons. The van der Waals surface area contributed by atoms with Crippen molar-refractivity contribution in [1.29, 1.82) is 0 Å². The lowest BCUT2D eigenvalue weighted by Crippen LogP contribution is -2.35. The van der Waals surface area contributed by atoms with Gasteiger partial charge in [0, 0.05) is 6.04 Å². The molecule has 0 fully saturated rings. The van der Waals surface area contributed by atoms with Gasteiger partial charge in [-0.3, -0.25) is 0 Å². The predicted molar refractivity (Wildman–Crippen MR) is 84.1 cm³/mol. The van der Waals surface area contributed by atoms with Crippen LogP contribution in [0.15, 0.2) is 24.3 Å². The van der Waals surface area contributed by atoms with Gasteiger partial charge < -0.3 is 15.6 Å². The van der Waals surface area contributed by atoms with Crippen molar-refractivity contribution in [1.82, 2.24) is 0 Å². The van der Waals surface area contributed by atoms with E-state index in [2.05, 4.69) is 26.0 Å². The van der Waals surface area contributed by atoms with Gasteiger partial charge in [0.2, 0.25) is 0 Å². The maximum absolute atomic E-state index is 10.1. The fourth-order valence-corrected chi connectivity index (χ4v) is 2.35. The van der Waals surface area contributed by atoms with Gasteiger partial charge in [0.25, 0.3) is 0 Å². The highest BCUT2D eigenvalue weighted by molar-refractivity contribution is 5.29. The summed E-state index contributed by atoms with van der Waals surface area (Å²) < 4.78 is 5.63. The van der Waals surface area contributed by atoms with Gasteiger partial charge in [0.1, 0.15) is 5.75 Å². The fourth-order valence-electron chi connectivity index (χ4n) is 2.35. The van der Waals surface area contributed by atoms with Gasteiger partial charge in [0.15, 0.2) is 0 Å². The molecule has 3 unspecified atom stereocenters. The van der Waals surface area contributed by atoms with E-state index in [0.717, 1.165) is 18.6 Å². The second-order valence-electron chi connectivity index (χ2n) is 5.89. The molecule has 0 spiro atoms. The van der Waals surface area contributed by atoms with Crippen LogP contribution in [0.4, 0.5) is 0 Å². The molecule has 114 valence electrons. The molecule has 1 aromatic carbocycles. The molecular formula is C17H29NO2. The van der Waals surface area contributed by atoms with E-state index in [0.29, 0.717) is 12.3 Å². The molecule has 0 heterocycles. The lowest BCUT2D eigenvalue weighted by atomic mass is 9.91. The van der Waals surface area contributed by atoms with E-state index < -0.39 is 6.10 Å². The maximum Gasteiger partial charge on any atom is 0.119 e. The molecule has 20 heavy (non-hydrogen) atoms. The summed E-state index contributed by atoms with van der Waals surface area (Å²) in [4.78, 5) is 0. The molecule has 3 atom stereocenters. The first-order valence-electron chi connectivity index (χ1n) is 7.64. The molecule has 0 saturated heterocycles. The second-order valence-corrected chi connectivity index (χ2v) is 5.89. The molecule has 1 rings (SSSR count). The maximum atomic E-state index is 10.1. The Hall–Kier alpha value is -1.06. The molecular weight excluding hydrogens is 250 g/mol. The number of aliphatic hydroxyl groups is 1. The average Bonchev–Trinajstić information content (AvgIpc) is 2.39. The van der Waals surface area contributed by atoms with E-state index in [-0.39, 0.29) is 12.1 Å². The first-order valence-corrected chi connectivity index (χ1v) is 7.64. The third kappa shape index (κ3) is 5.51. The van der Waals surface area contributed by atoms with Gasteiger partial charge in [-0.2, -0.15) is 0 Å². The molecule has 0 amide bonds. The lowest BCUT2D eigenvalue weighted by molar-refractivity contribution is 0.124. The van der Waals surface area contributed by atoms with E-state index in [1.54, 1.807) is 0 Å². The summed E-state index contributed by atoms with van der Waals surface area (Å²) in [5.74, 6) is 1.18. The van der Waals surface area contributed by atoms with E-state index in [4.69, 9.17) is 10.5 Å². The van der Waals surface area contributed by atoms with Gasteiger partial charge in [-0.25, -0.2) is 0 Å². The van der Waals surface area contributed by atoms with Crippen molar-refractivity contribution >= 4 is 0 Å². The molecule has 0 aliphatic carbocycles. The number of ether oxygens (including phenoxy) is 1. The smallest absolute Gasteiger partial charge is 0.119 e. The third-order valence-corrected chi connectivity index (χ3v) is 3.53. The minimum atomic E-state index is -0.434. The van der Waals surface area contributed by atoms with Gasteiger partial charge in [-0.05, 0) is 50.3 Å². The van der Waals surface area contributed by atoms with Crippen molar-refractivity contribution in [3.8, 4) is 5.75 Å². The predicted octanol–water partition coefficient (Wildman–Crippen LogP) is 3.46. The fraction of sp³-hybridized carbons (Fsp3) is 0.647. The van der Waals surface area contributed by atoms with Gasteiger partial charge in [0.05, 0.1) is 12.2 Å². The van der Waals surface area contributed by atoms with Gasteiger partial charge in [-0.1, -0.05) is 32.4 Å². The zero-order chi connectivity index (χ0) is 15.1. The van der Waals surface area contributed by atoms with Crippen molar-refractivity contribution in [3.05, 3.63) is 29.8 Å². The summed E-state index contributed by atoms with van der Waals surface area (Å²) in [6.07, 6.45) is 2.33. The van der Waals surface area contributed by atoms with Crippen molar-refractivity contribution in [2.75, 3.05) is 0 Å². The Labute approximate surface area is 123 Å². The topological polar surface area (TPSA) is 55.5 Å². The Bertz CT molecular complexity index is 375. The highest BCUT2D eigenvalue weighted by Gasteiger charge is 2.18. The van der Waals surface area contributed by atoms with Crippen LogP contribution in [0.2, 0.25) is 0 Å². The number of hydrogen-bond donors (Lipinski definition) is 2. The van der Waals surface area contributed by atoms with Crippen LogP contribution in [0.3, 0.4) is 0 Å². The Morgan fingerprint density at radius 2 is 1.75 bits per heavy atom. The number of nitrogens with two attached hydrogens (primary N) is 1. The summed E-state index contributed by atoms with van der Waals surface area (Å²) in [6, 6.07) is 8.00. The Morgan fingerprint density at radius 3 is 2.25 bits per heavy atom. The highest BCUT2D eigenvalue weighted by Crippen LogP contribution is 2.24. The largest absolute Gasteiger partial charge is 0.491 e.